The molecule has 0 amide bonds. The van der Waals surface area contributed by atoms with E-state index >= 15 is 0 Å². The third-order valence-corrected chi connectivity index (χ3v) is 4.08. The van der Waals surface area contributed by atoms with Crippen LogP contribution in [0.25, 0.3) is 17.2 Å². The molecule has 1 aromatic carbocycles. The molecule has 3 rings (SSSR count). The molecule has 2 heterocycles. The van der Waals surface area contributed by atoms with E-state index < -0.39 is 0 Å². The molecule has 4 nitrogen and oxygen atoms in total. The summed E-state index contributed by atoms with van der Waals surface area (Å²) < 4.78 is 2.93. The molecular formula is C15H13BrN4. The molecule has 0 unspecified atom stereocenters. The fraction of sp³-hybridized carbons (Fsp3) is 0.0667. The highest BCUT2D eigenvalue weighted by Crippen LogP contribution is 2.27. The molecule has 0 radical (unpaired) electrons. The van der Waals surface area contributed by atoms with Gasteiger partial charge in [-0.1, -0.05) is 0 Å². The second-order valence-electron chi connectivity index (χ2n) is 4.51. The number of hydrogen-bond acceptors (Lipinski definition) is 3. The van der Waals surface area contributed by atoms with Gasteiger partial charge in [0, 0.05) is 29.8 Å². The van der Waals surface area contributed by atoms with Crippen LogP contribution in [-0.2, 0) is 0 Å². The van der Waals surface area contributed by atoms with E-state index in [2.05, 4.69) is 25.9 Å². The Morgan fingerprint density at radius 1 is 1.05 bits per heavy atom. The highest BCUT2D eigenvalue weighted by atomic mass is 79.9. The Kier molecular flexibility index (Phi) is 3.28. The van der Waals surface area contributed by atoms with Crippen molar-refractivity contribution in [1.82, 2.24) is 14.5 Å². The zero-order valence-corrected chi connectivity index (χ0v) is 12.5. The predicted molar refractivity (Wildman–Crippen MR) is 83.6 cm³/mol. The smallest absolute Gasteiger partial charge is 0.152 e. The Balaban J connectivity index is 2.15. The van der Waals surface area contributed by atoms with E-state index in [1.165, 1.54) is 0 Å². The van der Waals surface area contributed by atoms with Crippen molar-refractivity contribution in [3.63, 3.8) is 0 Å². The summed E-state index contributed by atoms with van der Waals surface area (Å²) >= 11 is 3.59. The number of aromatic nitrogens is 3. The number of anilines is 1. The van der Waals surface area contributed by atoms with Crippen LogP contribution in [0.4, 0.5) is 5.69 Å². The molecule has 0 spiro atoms. The van der Waals surface area contributed by atoms with Crippen LogP contribution >= 0.6 is 15.9 Å². The standard InChI is InChI=1S/C15H13BrN4/c1-10-6-7-18-15(13(10)16)20-9-8-19-14(20)11-2-4-12(17)5-3-11/h2-9H,17H2,1H3. The topological polar surface area (TPSA) is 56.7 Å². The highest BCUT2D eigenvalue weighted by Gasteiger charge is 2.12. The van der Waals surface area contributed by atoms with Crippen LogP contribution in [0.15, 0.2) is 53.4 Å². The van der Waals surface area contributed by atoms with E-state index in [4.69, 9.17) is 5.73 Å². The van der Waals surface area contributed by atoms with Crippen LogP contribution in [0.1, 0.15) is 5.56 Å². The maximum Gasteiger partial charge on any atom is 0.152 e. The minimum Gasteiger partial charge on any atom is -0.399 e. The fourth-order valence-corrected chi connectivity index (χ4v) is 2.44. The zero-order valence-electron chi connectivity index (χ0n) is 10.9. The number of nitrogens with zero attached hydrogens (tertiary/aromatic N) is 3. The molecule has 3 aromatic rings. The van der Waals surface area contributed by atoms with Crippen molar-refractivity contribution in [1.29, 1.82) is 0 Å². The second-order valence-corrected chi connectivity index (χ2v) is 5.30. The van der Waals surface area contributed by atoms with Crippen LogP contribution in [0, 0.1) is 6.92 Å². The third kappa shape index (κ3) is 2.20. The lowest BCUT2D eigenvalue weighted by Crippen LogP contribution is -2.01. The molecule has 0 atom stereocenters. The molecule has 2 N–H and O–H groups in total. The average Bonchev–Trinajstić information content (AvgIpc) is 2.92. The van der Waals surface area contributed by atoms with E-state index in [0.717, 1.165) is 32.9 Å². The van der Waals surface area contributed by atoms with E-state index in [1.807, 2.05) is 48.0 Å². The lowest BCUT2D eigenvalue weighted by molar-refractivity contribution is 0.986. The number of rotatable bonds is 2. The van der Waals surface area contributed by atoms with Crippen LogP contribution < -0.4 is 5.73 Å². The first-order valence-electron chi connectivity index (χ1n) is 6.17. The predicted octanol–water partition coefficient (Wildman–Crippen LogP) is 3.59. The summed E-state index contributed by atoms with van der Waals surface area (Å²) in [5, 5.41) is 0. The Hall–Kier alpha value is -2.14. The number of nitrogens with two attached hydrogens (primary N) is 1. The van der Waals surface area contributed by atoms with E-state index in [1.54, 1.807) is 12.4 Å². The number of hydrogen-bond donors (Lipinski definition) is 1. The van der Waals surface area contributed by atoms with Gasteiger partial charge in [-0.15, -0.1) is 0 Å². The van der Waals surface area contributed by atoms with Gasteiger partial charge >= 0.3 is 0 Å². The number of imidazole rings is 1. The number of pyridine rings is 1. The molecule has 0 aliphatic carbocycles. The quantitative estimate of drug-likeness (QED) is 0.731. The molecule has 20 heavy (non-hydrogen) atoms. The lowest BCUT2D eigenvalue weighted by Gasteiger charge is -2.10. The number of halogens is 1. The summed E-state index contributed by atoms with van der Waals surface area (Å²) in [4.78, 5) is 8.86. The van der Waals surface area contributed by atoms with Crippen molar-refractivity contribution in [3.8, 4) is 17.2 Å². The maximum absolute atomic E-state index is 5.73. The molecular weight excluding hydrogens is 316 g/mol. The van der Waals surface area contributed by atoms with Gasteiger partial charge in [-0.05, 0) is 58.7 Å². The van der Waals surface area contributed by atoms with Gasteiger partial charge in [0.25, 0.3) is 0 Å². The molecule has 100 valence electrons. The molecule has 0 fully saturated rings. The monoisotopic (exact) mass is 328 g/mol. The molecule has 0 saturated carbocycles. The van der Waals surface area contributed by atoms with Gasteiger partial charge in [0.1, 0.15) is 5.82 Å². The summed E-state index contributed by atoms with van der Waals surface area (Å²) in [5.41, 5.74) is 8.59. The molecule has 0 saturated heterocycles. The van der Waals surface area contributed by atoms with Gasteiger partial charge < -0.3 is 5.73 Å². The maximum atomic E-state index is 5.73. The second kappa shape index (κ2) is 5.09. The first-order chi connectivity index (χ1) is 9.66. The Morgan fingerprint density at radius 3 is 2.55 bits per heavy atom. The molecule has 5 heteroatoms. The summed E-state index contributed by atoms with van der Waals surface area (Å²) in [5.74, 6) is 1.66. The minimum absolute atomic E-state index is 0.738. The molecule has 0 bridgehead atoms. The van der Waals surface area contributed by atoms with Gasteiger partial charge in [-0.3, -0.25) is 4.57 Å². The first kappa shape index (κ1) is 12.9. The average molecular weight is 329 g/mol. The van der Waals surface area contributed by atoms with Crippen molar-refractivity contribution in [2.24, 2.45) is 0 Å². The number of nitrogen functional groups attached to an aromatic ring is 1. The SMILES string of the molecule is Cc1ccnc(-n2ccnc2-c2ccc(N)cc2)c1Br. The lowest BCUT2D eigenvalue weighted by atomic mass is 10.2. The van der Waals surface area contributed by atoms with Crippen molar-refractivity contribution in [2.75, 3.05) is 5.73 Å². The summed E-state index contributed by atoms with van der Waals surface area (Å²) in [6.45, 7) is 2.04. The van der Waals surface area contributed by atoms with E-state index in [9.17, 15) is 0 Å². The number of benzene rings is 1. The molecule has 2 aromatic heterocycles. The largest absolute Gasteiger partial charge is 0.399 e. The summed E-state index contributed by atoms with van der Waals surface area (Å²) in [6.07, 6.45) is 5.46. The van der Waals surface area contributed by atoms with Crippen LogP contribution in [0.2, 0.25) is 0 Å². The highest BCUT2D eigenvalue weighted by molar-refractivity contribution is 9.10. The van der Waals surface area contributed by atoms with Crippen molar-refractivity contribution in [2.45, 2.75) is 6.92 Å². The van der Waals surface area contributed by atoms with Gasteiger partial charge in [0.05, 0.1) is 4.47 Å². The van der Waals surface area contributed by atoms with Crippen molar-refractivity contribution in [3.05, 3.63) is 59.0 Å². The number of aryl methyl sites for hydroxylation is 1. The zero-order chi connectivity index (χ0) is 14.1. The van der Waals surface area contributed by atoms with Gasteiger partial charge in [0.15, 0.2) is 5.82 Å². The van der Waals surface area contributed by atoms with Gasteiger partial charge in [-0.2, -0.15) is 0 Å². The van der Waals surface area contributed by atoms with Crippen molar-refractivity contribution < 1.29 is 0 Å². The van der Waals surface area contributed by atoms with Crippen LogP contribution in [-0.4, -0.2) is 14.5 Å². The van der Waals surface area contributed by atoms with E-state index in [-0.39, 0.29) is 0 Å². The van der Waals surface area contributed by atoms with Gasteiger partial charge in [-0.25, -0.2) is 9.97 Å². The van der Waals surface area contributed by atoms with E-state index in [0.29, 0.717) is 0 Å². The summed E-state index contributed by atoms with van der Waals surface area (Å²) in [6, 6.07) is 9.61. The minimum atomic E-state index is 0.738. The van der Waals surface area contributed by atoms with Crippen LogP contribution in [0.3, 0.4) is 0 Å². The first-order valence-corrected chi connectivity index (χ1v) is 6.97. The summed E-state index contributed by atoms with van der Waals surface area (Å²) in [7, 11) is 0. The Bertz CT molecular complexity index is 747. The molecule has 0 aliphatic heterocycles. The van der Waals surface area contributed by atoms with Gasteiger partial charge in [0.2, 0.25) is 0 Å². The normalized spacial score (nSPS) is 10.7. The third-order valence-electron chi connectivity index (χ3n) is 3.10. The van der Waals surface area contributed by atoms with Crippen LogP contribution in [0.5, 0.6) is 0 Å². The Morgan fingerprint density at radius 2 is 1.80 bits per heavy atom. The molecule has 0 aliphatic rings. The fourth-order valence-electron chi connectivity index (χ4n) is 2.01. The Labute approximate surface area is 125 Å². The van der Waals surface area contributed by atoms with Crippen molar-refractivity contribution >= 4 is 21.6 Å².